The maximum absolute atomic E-state index is 11.4. The molecule has 2 N–H and O–H groups in total. The van der Waals surface area contributed by atoms with Gasteiger partial charge in [0, 0.05) is 18.6 Å². The van der Waals surface area contributed by atoms with Gasteiger partial charge in [-0.1, -0.05) is 12.2 Å². The van der Waals surface area contributed by atoms with Crippen LogP contribution in [0.25, 0.3) is 0 Å². The summed E-state index contributed by atoms with van der Waals surface area (Å²) in [6, 6.07) is -0.598. The lowest BCUT2D eigenvalue weighted by Crippen LogP contribution is -2.35. The van der Waals surface area contributed by atoms with Crippen LogP contribution in [0.15, 0.2) is 29.3 Å². The Kier molecular flexibility index (Phi) is 5.46. The summed E-state index contributed by atoms with van der Waals surface area (Å²) in [6.45, 7) is 5.19. The number of ether oxygens (including phenoxy) is 1. The second-order valence-electron chi connectivity index (χ2n) is 3.82. The zero-order valence-corrected chi connectivity index (χ0v) is 10.6. The number of amidine groups is 1. The molecule has 0 radical (unpaired) electrons. The van der Waals surface area contributed by atoms with Gasteiger partial charge < -0.3 is 15.4 Å². The molecule has 0 aromatic heterocycles. The third-order valence-corrected chi connectivity index (χ3v) is 2.12. The van der Waals surface area contributed by atoms with Gasteiger partial charge in [0.25, 0.3) is 0 Å². The summed E-state index contributed by atoms with van der Waals surface area (Å²) < 4.78 is 4.67. The van der Waals surface area contributed by atoms with Gasteiger partial charge in [-0.3, -0.25) is 4.79 Å². The SMILES string of the molecule is C=CC(=O)OCCNC(=O)/N=C1/CC(C)=CC(=O)N1. The standard InChI is InChI=1S/C12H15N3O4/c1-3-11(17)19-5-4-13-12(18)15-9-6-8(2)7-10(16)14-9/h3,7H,1,4-6H2,2H3,(H2,13,14,15,16,18). The fourth-order valence-corrected chi connectivity index (χ4v) is 1.36. The highest BCUT2D eigenvalue weighted by atomic mass is 16.5. The Morgan fingerprint density at radius 3 is 3.00 bits per heavy atom. The quantitative estimate of drug-likeness (QED) is 0.433. The first kappa shape index (κ1) is 14.6. The van der Waals surface area contributed by atoms with Gasteiger partial charge >= 0.3 is 12.0 Å². The number of urea groups is 1. The monoisotopic (exact) mass is 265 g/mol. The second kappa shape index (κ2) is 7.10. The summed E-state index contributed by atoms with van der Waals surface area (Å²) in [5.41, 5.74) is 0.829. The fourth-order valence-electron chi connectivity index (χ4n) is 1.36. The molecule has 0 saturated carbocycles. The summed E-state index contributed by atoms with van der Waals surface area (Å²) >= 11 is 0. The van der Waals surface area contributed by atoms with Crippen molar-refractivity contribution in [2.45, 2.75) is 13.3 Å². The molecule has 0 bridgehead atoms. The average Bonchev–Trinajstić information content (AvgIpc) is 2.33. The van der Waals surface area contributed by atoms with Gasteiger partial charge in [0.1, 0.15) is 12.4 Å². The van der Waals surface area contributed by atoms with Crippen LogP contribution in [0.2, 0.25) is 0 Å². The molecule has 7 nitrogen and oxygen atoms in total. The molecule has 0 spiro atoms. The molecule has 0 unspecified atom stereocenters. The lowest BCUT2D eigenvalue weighted by atomic mass is 10.1. The van der Waals surface area contributed by atoms with Crippen LogP contribution in [-0.2, 0) is 14.3 Å². The van der Waals surface area contributed by atoms with Crippen LogP contribution in [0.4, 0.5) is 4.79 Å². The number of hydrogen-bond acceptors (Lipinski definition) is 4. The smallest absolute Gasteiger partial charge is 0.342 e. The predicted molar refractivity (Wildman–Crippen MR) is 68.5 cm³/mol. The molecule has 0 fully saturated rings. The first-order valence-corrected chi connectivity index (χ1v) is 5.64. The van der Waals surface area contributed by atoms with E-state index in [0.717, 1.165) is 11.6 Å². The van der Waals surface area contributed by atoms with Gasteiger partial charge in [-0.15, -0.1) is 0 Å². The molecule has 0 atom stereocenters. The fraction of sp³-hybridized carbons (Fsp3) is 0.333. The molecular weight excluding hydrogens is 250 g/mol. The van der Waals surface area contributed by atoms with Gasteiger partial charge in [0.05, 0.1) is 6.54 Å². The molecule has 3 amide bonds. The highest BCUT2D eigenvalue weighted by Crippen LogP contribution is 2.05. The Bertz CT molecular complexity index is 466. The van der Waals surface area contributed by atoms with Crippen molar-refractivity contribution in [3.63, 3.8) is 0 Å². The highest BCUT2D eigenvalue weighted by Gasteiger charge is 2.13. The molecule has 1 aliphatic heterocycles. The third-order valence-electron chi connectivity index (χ3n) is 2.12. The summed E-state index contributed by atoms with van der Waals surface area (Å²) in [5.74, 6) is -0.554. The molecule has 102 valence electrons. The van der Waals surface area contributed by atoms with Crippen molar-refractivity contribution in [2.75, 3.05) is 13.2 Å². The van der Waals surface area contributed by atoms with E-state index in [4.69, 9.17) is 0 Å². The van der Waals surface area contributed by atoms with Crippen molar-refractivity contribution in [1.82, 2.24) is 10.6 Å². The van der Waals surface area contributed by atoms with Gasteiger partial charge in [-0.25, -0.2) is 9.59 Å². The predicted octanol–water partition coefficient (Wildman–Crippen LogP) is 0.290. The molecule has 0 aliphatic carbocycles. The maximum atomic E-state index is 11.4. The van der Waals surface area contributed by atoms with Gasteiger partial charge in [0.15, 0.2) is 0 Å². The number of esters is 1. The molecule has 1 rings (SSSR count). The Hall–Kier alpha value is -2.44. The van der Waals surface area contributed by atoms with E-state index in [1.54, 1.807) is 6.92 Å². The van der Waals surface area contributed by atoms with Crippen molar-refractivity contribution >= 4 is 23.7 Å². The van der Waals surface area contributed by atoms with Crippen molar-refractivity contribution in [2.24, 2.45) is 4.99 Å². The number of nitrogens with zero attached hydrogens (tertiary/aromatic N) is 1. The van der Waals surface area contributed by atoms with Gasteiger partial charge in [0.2, 0.25) is 5.91 Å². The lowest BCUT2D eigenvalue weighted by molar-refractivity contribution is -0.137. The molecular formula is C12H15N3O4. The number of amides is 3. The van der Waals surface area contributed by atoms with Crippen molar-refractivity contribution in [1.29, 1.82) is 0 Å². The molecule has 7 heteroatoms. The maximum Gasteiger partial charge on any atom is 0.342 e. The molecule has 1 aliphatic rings. The topological polar surface area (TPSA) is 96.9 Å². The van der Waals surface area contributed by atoms with Crippen molar-refractivity contribution < 1.29 is 19.1 Å². The Labute approximate surface area is 110 Å². The first-order chi connectivity index (χ1) is 9.01. The van der Waals surface area contributed by atoms with E-state index in [0.29, 0.717) is 12.3 Å². The van der Waals surface area contributed by atoms with Crippen molar-refractivity contribution in [3.8, 4) is 0 Å². The average molecular weight is 265 g/mol. The van der Waals surface area contributed by atoms with E-state index in [2.05, 4.69) is 26.9 Å². The van der Waals surface area contributed by atoms with Crippen molar-refractivity contribution in [3.05, 3.63) is 24.3 Å². The lowest BCUT2D eigenvalue weighted by Gasteiger charge is -2.12. The molecule has 0 saturated heterocycles. The van der Waals surface area contributed by atoms with Gasteiger partial charge in [-0.05, 0) is 6.92 Å². The molecule has 0 aromatic rings. The van der Waals surface area contributed by atoms with Crippen LogP contribution in [-0.4, -0.2) is 36.9 Å². The zero-order chi connectivity index (χ0) is 14.3. The van der Waals surface area contributed by atoms with E-state index in [1.807, 2.05) is 0 Å². The minimum absolute atomic E-state index is 0.0345. The van der Waals surface area contributed by atoms with Crippen LogP contribution >= 0.6 is 0 Å². The van der Waals surface area contributed by atoms with E-state index in [9.17, 15) is 14.4 Å². The Morgan fingerprint density at radius 2 is 2.37 bits per heavy atom. The minimum atomic E-state index is -0.598. The molecule has 1 heterocycles. The molecule has 0 aromatic carbocycles. The van der Waals surface area contributed by atoms with E-state index in [-0.39, 0.29) is 19.1 Å². The van der Waals surface area contributed by atoms with Gasteiger partial charge in [-0.2, -0.15) is 4.99 Å². The number of aliphatic imine (C=N–C) groups is 1. The number of carbonyl (C=O) groups excluding carboxylic acids is 3. The van der Waals surface area contributed by atoms with Crippen LogP contribution < -0.4 is 10.6 Å². The Balaban J connectivity index is 2.35. The second-order valence-corrected chi connectivity index (χ2v) is 3.82. The minimum Gasteiger partial charge on any atom is -0.461 e. The number of carbonyl (C=O) groups is 3. The summed E-state index contributed by atoms with van der Waals surface area (Å²) in [7, 11) is 0. The van der Waals surface area contributed by atoms with Crippen LogP contribution in [0.1, 0.15) is 13.3 Å². The van der Waals surface area contributed by atoms with E-state index < -0.39 is 12.0 Å². The largest absolute Gasteiger partial charge is 0.461 e. The molecule has 19 heavy (non-hydrogen) atoms. The normalized spacial score (nSPS) is 16.4. The first-order valence-electron chi connectivity index (χ1n) is 5.64. The summed E-state index contributed by atoms with van der Waals surface area (Å²) in [6.07, 6.45) is 2.91. The zero-order valence-electron chi connectivity index (χ0n) is 10.6. The third kappa shape index (κ3) is 5.62. The van der Waals surface area contributed by atoms with E-state index in [1.165, 1.54) is 6.08 Å². The van der Waals surface area contributed by atoms with Crippen LogP contribution in [0.5, 0.6) is 0 Å². The van der Waals surface area contributed by atoms with Crippen LogP contribution in [0, 0.1) is 0 Å². The highest BCUT2D eigenvalue weighted by molar-refractivity contribution is 6.09. The Morgan fingerprint density at radius 1 is 1.63 bits per heavy atom. The number of rotatable bonds is 4. The van der Waals surface area contributed by atoms with E-state index >= 15 is 0 Å². The number of nitrogens with one attached hydrogen (secondary N) is 2. The summed E-state index contributed by atoms with van der Waals surface area (Å²) in [5, 5.41) is 4.90. The number of hydrogen-bond donors (Lipinski definition) is 2. The van der Waals surface area contributed by atoms with Crippen LogP contribution in [0.3, 0.4) is 0 Å². The summed E-state index contributed by atoms with van der Waals surface area (Å²) in [4.78, 5) is 37.0.